The van der Waals surface area contributed by atoms with Crippen LogP contribution in [0.3, 0.4) is 0 Å². The fraction of sp³-hybridized carbons (Fsp3) is 0.531. The zero-order chi connectivity index (χ0) is 28.5. The van der Waals surface area contributed by atoms with Crippen molar-refractivity contribution >= 4 is 29.5 Å². The number of carbonyl (C=O) groups excluding carboxylic acids is 2. The van der Waals surface area contributed by atoms with Gasteiger partial charge in [-0.3, -0.25) is 9.59 Å². The van der Waals surface area contributed by atoms with Crippen LogP contribution in [-0.2, 0) is 11.3 Å². The molecule has 8 heteroatoms. The number of halogens is 1. The van der Waals surface area contributed by atoms with Gasteiger partial charge < -0.3 is 20.6 Å². The lowest BCUT2D eigenvalue weighted by molar-refractivity contribution is -0.136. The Morgan fingerprint density at radius 2 is 1.52 bits per heavy atom. The van der Waals surface area contributed by atoms with E-state index in [0.717, 1.165) is 35.8 Å². The van der Waals surface area contributed by atoms with Crippen molar-refractivity contribution in [3.05, 3.63) is 70.2 Å². The molecule has 2 aliphatic carbocycles. The zero-order valence-corrected chi connectivity index (χ0v) is 24.2. The van der Waals surface area contributed by atoms with Crippen LogP contribution in [-0.4, -0.2) is 40.5 Å². The van der Waals surface area contributed by atoms with Gasteiger partial charge in [-0.05, 0) is 79.8 Å². The highest BCUT2D eigenvalue weighted by Gasteiger charge is 2.33. The average Bonchev–Trinajstić information content (AvgIpc) is 2.97. The summed E-state index contributed by atoms with van der Waals surface area (Å²) in [4.78, 5) is 38.8. The Labute approximate surface area is 242 Å². The lowest BCUT2D eigenvalue weighted by Crippen LogP contribution is -2.48. The minimum Gasteiger partial charge on any atom is -0.481 e. The Hall–Kier alpha value is -3.06. The predicted octanol–water partition coefficient (Wildman–Crippen LogP) is 6.96. The SMILES string of the molecule is C[C@H](NC(=O)N(Cc1ccc(C(=O)NCCC(=O)O)cc1)C1CCC(C2CCCCC2)CC1)c1ccc(Cl)cc1. The number of benzene rings is 2. The maximum Gasteiger partial charge on any atom is 0.318 e. The third-order valence-corrected chi connectivity index (χ3v) is 8.91. The first kappa shape index (κ1) is 29.9. The number of carbonyl (C=O) groups is 3. The van der Waals surface area contributed by atoms with Crippen LogP contribution in [0.1, 0.15) is 98.7 Å². The summed E-state index contributed by atoms with van der Waals surface area (Å²) in [6.45, 7) is 2.52. The Balaban J connectivity index is 1.43. The van der Waals surface area contributed by atoms with E-state index in [2.05, 4.69) is 10.6 Å². The van der Waals surface area contributed by atoms with Gasteiger partial charge in [-0.2, -0.15) is 0 Å². The molecule has 2 fully saturated rings. The number of carboxylic acid groups (broad SMARTS) is 1. The smallest absolute Gasteiger partial charge is 0.318 e. The summed E-state index contributed by atoms with van der Waals surface area (Å²) in [7, 11) is 0. The molecule has 216 valence electrons. The lowest BCUT2D eigenvalue weighted by atomic mass is 9.72. The number of carboxylic acids is 1. The second-order valence-corrected chi connectivity index (χ2v) is 11.9. The summed E-state index contributed by atoms with van der Waals surface area (Å²) < 4.78 is 0. The second-order valence-electron chi connectivity index (χ2n) is 11.4. The molecule has 7 nitrogen and oxygen atoms in total. The van der Waals surface area contributed by atoms with Crippen molar-refractivity contribution in [2.75, 3.05) is 6.54 Å². The van der Waals surface area contributed by atoms with E-state index in [1.54, 1.807) is 12.1 Å². The molecule has 2 aliphatic rings. The number of amides is 3. The predicted molar refractivity (Wildman–Crippen MR) is 157 cm³/mol. The normalized spacial score (nSPS) is 20.4. The molecule has 0 spiro atoms. The Morgan fingerprint density at radius 3 is 2.15 bits per heavy atom. The van der Waals surface area contributed by atoms with Gasteiger partial charge in [0.05, 0.1) is 12.5 Å². The van der Waals surface area contributed by atoms with Crippen molar-refractivity contribution in [2.24, 2.45) is 11.8 Å². The molecular formula is C32H42ClN3O4. The van der Waals surface area contributed by atoms with E-state index in [0.29, 0.717) is 17.1 Å². The number of hydrogen-bond acceptors (Lipinski definition) is 3. The highest BCUT2D eigenvalue weighted by molar-refractivity contribution is 6.30. The zero-order valence-electron chi connectivity index (χ0n) is 23.4. The van der Waals surface area contributed by atoms with Crippen molar-refractivity contribution in [3.8, 4) is 0 Å². The van der Waals surface area contributed by atoms with E-state index < -0.39 is 5.97 Å². The molecule has 0 heterocycles. The summed E-state index contributed by atoms with van der Waals surface area (Å²) in [5.74, 6) is 0.358. The summed E-state index contributed by atoms with van der Waals surface area (Å²) in [5, 5.41) is 15.3. The van der Waals surface area contributed by atoms with E-state index in [9.17, 15) is 14.4 Å². The number of nitrogens with one attached hydrogen (secondary N) is 2. The average molecular weight is 568 g/mol. The third kappa shape index (κ3) is 8.47. The Morgan fingerprint density at radius 1 is 0.900 bits per heavy atom. The highest BCUT2D eigenvalue weighted by Crippen LogP contribution is 2.39. The van der Waals surface area contributed by atoms with Crippen molar-refractivity contribution in [1.82, 2.24) is 15.5 Å². The molecule has 3 amide bonds. The molecule has 2 saturated carbocycles. The molecule has 0 aliphatic heterocycles. The van der Waals surface area contributed by atoms with Crippen LogP contribution in [0.5, 0.6) is 0 Å². The molecule has 0 saturated heterocycles. The Bertz CT molecular complexity index is 1120. The molecule has 2 aromatic rings. The van der Waals surface area contributed by atoms with Crippen molar-refractivity contribution < 1.29 is 19.5 Å². The van der Waals surface area contributed by atoms with E-state index in [1.807, 2.05) is 48.2 Å². The lowest BCUT2D eigenvalue weighted by Gasteiger charge is -2.40. The quantitative estimate of drug-likeness (QED) is 0.289. The largest absolute Gasteiger partial charge is 0.481 e. The van der Waals surface area contributed by atoms with Crippen LogP contribution in [0, 0.1) is 11.8 Å². The van der Waals surface area contributed by atoms with E-state index in [-0.39, 0.29) is 37.0 Å². The molecule has 0 radical (unpaired) electrons. The van der Waals surface area contributed by atoms with Gasteiger partial charge in [0.15, 0.2) is 0 Å². The third-order valence-electron chi connectivity index (χ3n) is 8.66. The highest BCUT2D eigenvalue weighted by atomic mass is 35.5. The van der Waals surface area contributed by atoms with Crippen molar-refractivity contribution in [2.45, 2.75) is 89.8 Å². The minimum absolute atomic E-state index is 0.0825. The van der Waals surface area contributed by atoms with Crippen molar-refractivity contribution in [3.63, 3.8) is 0 Å². The van der Waals surface area contributed by atoms with Crippen LogP contribution >= 0.6 is 11.6 Å². The van der Waals surface area contributed by atoms with Crippen LogP contribution in [0.2, 0.25) is 5.02 Å². The Kier molecular flexibility index (Phi) is 10.9. The minimum atomic E-state index is -0.952. The fourth-order valence-electron chi connectivity index (χ4n) is 6.30. The second kappa shape index (κ2) is 14.5. The number of rotatable bonds is 10. The summed E-state index contributed by atoms with van der Waals surface area (Å²) in [5.41, 5.74) is 2.41. The van der Waals surface area contributed by atoms with Gasteiger partial charge in [0.2, 0.25) is 0 Å². The monoisotopic (exact) mass is 567 g/mol. The van der Waals surface area contributed by atoms with Crippen molar-refractivity contribution in [1.29, 1.82) is 0 Å². The summed E-state index contributed by atoms with van der Waals surface area (Å²) in [6.07, 6.45) is 11.0. The van der Waals surface area contributed by atoms with Gasteiger partial charge >= 0.3 is 12.0 Å². The summed E-state index contributed by atoms with van der Waals surface area (Å²) in [6, 6.07) is 14.7. The standard InChI is InChI=1S/C32H42ClN3O4/c1-22(24-11-15-28(33)16-12-24)35-32(40)36(29-17-13-26(14-18-29)25-5-3-2-4-6-25)21-23-7-9-27(10-8-23)31(39)34-20-19-30(37)38/h7-12,15-16,22,25-26,29H,2-6,13-14,17-21H2,1H3,(H,34,39)(H,35,40)(H,37,38)/t22-,26?,29?/m0/s1. The van der Waals surface area contributed by atoms with Gasteiger partial charge in [0.25, 0.3) is 5.91 Å². The van der Waals surface area contributed by atoms with E-state index in [4.69, 9.17) is 16.7 Å². The van der Waals surface area contributed by atoms with Gasteiger partial charge in [0.1, 0.15) is 0 Å². The number of nitrogens with zero attached hydrogens (tertiary/aromatic N) is 1. The molecule has 40 heavy (non-hydrogen) atoms. The van der Waals surface area contributed by atoms with E-state index >= 15 is 0 Å². The first-order valence-corrected chi connectivity index (χ1v) is 15.1. The van der Waals surface area contributed by atoms with E-state index in [1.165, 1.54) is 44.9 Å². The van der Waals surface area contributed by atoms with Gasteiger partial charge in [-0.25, -0.2) is 4.79 Å². The van der Waals surface area contributed by atoms with Crippen LogP contribution in [0.4, 0.5) is 4.79 Å². The van der Waals surface area contributed by atoms with Gasteiger partial charge in [0, 0.05) is 29.7 Å². The number of aliphatic carboxylic acids is 1. The fourth-order valence-corrected chi connectivity index (χ4v) is 6.43. The number of urea groups is 1. The first-order valence-electron chi connectivity index (χ1n) is 14.7. The molecule has 0 unspecified atom stereocenters. The maximum absolute atomic E-state index is 13.7. The molecule has 0 bridgehead atoms. The molecule has 1 atom stereocenters. The number of hydrogen-bond donors (Lipinski definition) is 3. The topological polar surface area (TPSA) is 98.7 Å². The molecule has 3 N–H and O–H groups in total. The van der Waals surface area contributed by atoms with Crippen LogP contribution in [0.15, 0.2) is 48.5 Å². The van der Waals surface area contributed by atoms with Gasteiger partial charge in [-0.1, -0.05) is 68.0 Å². The molecule has 2 aromatic carbocycles. The molecule has 4 rings (SSSR count). The van der Waals surface area contributed by atoms with Crippen LogP contribution < -0.4 is 10.6 Å². The summed E-state index contributed by atoms with van der Waals surface area (Å²) >= 11 is 6.06. The molecular weight excluding hydrogens is 526 g/mol. The molecule has 0 aromatic heterocycles. The maximum atomic E-state index is 13.7. The van der Waals surface area contributed by atoms with Gasteiger partial charge in [-0.15, -0.1) is 0 Å². The first-order chi connectivity index (χ1) is 19.3. The van der Waals surface area contributed by atoms with Crippen LogP contribution in [0.25, 0.3) is 0 Å².